The summed E-state index contributed by atoms with van der Waals surface area (Å²) in [5.41, 5.74) is 0.783. The van der Waals surface area contributed by atoms with Gasteiger partial charge in [0.05, 0.1) is 57.0 Å². The second-order valence-electron chi connectivity index (χ2n) is 10.1. The maximum absolute atomic E-state index is 14.1. The number of rotatable bonds is 9. The molecule has 0 bridgehead atoms. The molecule has 3 aromatic rings. The lowest BCUT2D eigenvalue weighted by Gasteiger charge is -2.38. The van der Waals surface area contributed by atoms with Gasteiger partial charge in [-0.3, -0.25) is 4.79 Å². The standard InChI is InChI=1S/C24H28F4N8O5/c1-39-10-16(35-12-24(27,28)11-29-22(35)38)14-7-17-31-15(9-36(17)30-8-14)18(13-3-5-23(25,26)6-4-13)32-20(37)19-21(40-2)34-41-33-19/h7-9,13,16,18H,3-6,10-12H2,1-2H3,(H,29,38)(H,32,37)/t16-,18+/m1/s1. The maximum Gasteiger partial charge on any atom is 0.318 e. The van der Waals surface area contributed by atoms with E-state index in [2.05, 4.69) is 35.7 Å². The summed E-state index contributed by atoms with van der Waals surface area (Å²) in [5, 5.41) is 16.4. The Labute approximate surface area is 230 Å². The zero-order valence-electron chi connectivity index (χ0n) is 22.2. The average molecular weight is 585 g/mol. The molecule has 0 spiro atoms. The van der Waals surface area contributed by atoms with Gasteiger partial charge in [0.1, 0.15) is 0 Å². The molecule has 1 aliphatic heterocycles. The number of carbonyl (C=O) groups is 2. The van der Waals surface area contributed by atoms with E-state index < -0.39 is 54.9 Å². The van der Waals surface area contributed by atoms with E-state index in [-0.39, 0.29) is 49.5 Å². The molecular formula is C24H28F4N8O5. The topological polar surface area (TPSA) is 149 Å². The van der Waals surface area contributed by atoms with Gasteiger partial charge in [0.25, 0.3) is 17.7 Å². The van der Waals surface area contributed by atoms with Gasteiger partial charge in [-0.05, 0) is 35.1 Å². The third-order valence-corrected chi connectivity index (χ3v) is 7.31. The Morgan fingerprint density at radius 3 is 2.68 bits per heavy atom. The Hall–Kier alpha value is -4.02. The molecule has 3 amide bonds. The van der Waals surface area contributed by atoms with Crippen molar-refractivity contribution >= 4 is 17.6 Å². The zero-order valence-corrected chi connectivity index (χ0v) is 22.2. The normalized spacial score (nSPS) is 20.4. The number of carbonyl (C=O) groups excluding carboxylic acids is 2. The highest BCUT2D eigenvalue weighted by Crippen LogP contribution is 2.41. The first-order valence-electron chi connectivity index (χ1n) is 12.8. The highest BCUT2D eigenvalue weighted by Gasteiger charge is 2.43. The van der Waals surface area contributed by atoms with Crippen molar-refractivity contribution in [1.82, 2.24) is 40.4 Å². The van der Waals surface area contributed by atoms with Crippen LogP contribution in [0.3, 0.4) is 0 Å². The Morgan fingerprint density at radius 2 is 1.98 bits per heavy atom. The van der Waals surface area contributed by atoms with Crippen LogP contribution in [0.15, 0.2) is 23.1 Å². The van der Waals surface area contributed by atoms with Crippen LogP contribution in [0.25, 0.3) is 5.65 Å². The fourth-order valence-corrected chi connectivity index (χ4v) is 5.19. The molecule has 1 saturated carbocycles. The molecule has 0 radical (unpaired) electrons. The highest BCUT2D eigenvalue weighted by molar-refractivity contribution is 5.94. The molecule has 2 atom stereocenters. The number of fused-ring (bicyclic) bond motifs is 1. The Morgan fingerprint density at radius 1 is 1.22 bits per heavy atom. The predicted molar refractivity (Wildman–Crippen MR) is 131 cm³/mol. The van der Waals surface area contributed by atoms with Gasteiger partial charge in [-0.15, -0.1) is 0 Å². The molecule has 5 rings (SSSR count). The monoisotopic (exact) mass is 584 g/mol. The fraction of sp³-hybridized carbons (Fsp3) is 0.583. The number of ether oxygens (including phenoxy) is 2. The van der Waals surface area contributed by atoms with Gasteiger partial charge in [0.2, 0.25) is 11.6 Å². The molecule has 13 nitrogen and oxygen atoms in total. The summed E-state index contributed by atoms with van der Waals surface area (Å²) in [6, 6.07) is -0.811. The number of amides is 3. The number of methoxy groups -OCH3 is 2. The van der Waals surface area contributed by atoms with E-state index in [1.807, 2.05) is 0 Å². The van der Waals surface area contributed by atoms with Gasteiger partial charge < -0.3 is 25.0 Å². The minimum Gasteiger partial charge on any atom is -0.477 e. The van der Waals surface area contributed by atoms with E-state index in [1.54, 1.807) is 12.3 Å². The van der Waals surface area contributed by atoms with Gasteiger partial charge in [-0.25, -0.2) is 36.5 Å². The molecule has 222 valence electrons. The van der Waals surface area contributed by atoms with Gasteiger partial charge in [0, 0.05) is 25.5 Å². The molecule has 2 fully saturated rings. The van der Waals surface area contributed by atoms with E-state index in [4.69, 9.17) is 9.47 Å². The fourth-order valence-electron chi connectivity index (χ4n) is 5.19. The number of nitrogens with one attached hydrogen (secondary N) is 2. The second kappa shape index (κ2) is 11.1. The number of nitrogens with zero attached hydrogens (tertiary/aromatic N) is 6. The van der Waals surface area contributed by atoms with Crippen molar-refractivity contribution in [3.05, 3.63) is 35.4 Å². The van der Waals surface area contributed by atoms with Crippen LogP contribution >= 0.6 is 0 Å². The quantitative estimate of drug-likeness (QED) is 0.362. The largest absolute Gasteiger partial charge is 0.477 e. The van der Waals surface area contributed by atoms with Crippen LogP contribution in [0.2, 0.25) is 0 Å². The van der Waals surface area contributed by atoms with E-state index in [9.17, 15) is 27.2 Å². The SMILES string of the molecule is COC[C@H](c1cnn2cc([C@@H](NC(=O)c3nonc3OC)C3CCC(F)(F)CC3)nc2c1)N1CC(F)(F)CNC1=O. The number of hydrogen-bond acceptors (Lipinski definition) is 9. The van der Waals surface area contributed by atoms with Crippen molar-refractivity contribution in [3.63, 3.8) is 0 Å². The van der Waals surface area contributed by atoms with Gasteiger partial charge in [-0.1, -0.05) is 0 Å². The zero-order chi connectivity index (χ0) is 29.4. The molecule has 1 aliphatic carbocycles. The summed E-state index contributed by atoms with van der Waals surface area (Å²) in [6.45, 7) is -1.66. The first-order chi connectivity index (χ1) is 19.5. The molecule has 17 heteroatoms. The molecule has 4 heterocycles. The van der Waals surface area contributed by atoms with Crippen LogP contribution in [0.5, 0.6) is 5.88 Å². The molecular weight excluding hydrogens is 556 g/mol. The van der Waals surface area contributed by atoms with Gasteiger partial charge >= 0.3 is 6.03 Å². The molecule has 0 unspecified atom stereocenters. The number of alkyl halides is 4. The molecule has 41 heavy (non-hydrogen) atoms. The summed E-state index contributed by atoms with van der Waals surface area (Å²) < 4.78 is 72.4. The molecule has 3 aromatic heterocycles. The van der Waals surface area contributed by atoms with E-state index >= 15 is 0 Å². The Balaban J connectivity index is 1.47. The number of hydrogen-bond donors (Lipinski definition) is 2. The van der Waals surface area contributed by atoms with Crippen molar-refractivity contribution < 1.29 is 41.3 Å². The van der Waals surface area contributed by atoms with Crippen LogP contribution in [0.4, 0.5) is 22.4 Å². The lowest BCUT2D eigenvalue weighted by Crippen LogP contribution is -2.58. The van der Waals surface area contributed by atoms with E-state index in [0.29, 0.717) is 11.3 Å². The lowest BCUT2D eigenvalue weighted by atomic mass is 9.81. The van der Waals surface area contributed by atoms with Crippen LogP contribution in [-0.2, 0) is 4.74 Å². The van der Waals surface area contributed by atoms with Crippen molar-refractivity contribution in [3.8, 4) is 5.88 Å². The van der Waals surface area contributed by atoms with Crippen LogP contribution in [-0.4, -0.2) is 87.5 Å². The Bertz CT molecular complexity index is 1410. The number of aromatic nitrogens is 5. The van der Waals surface area contributed by atoms with E-state index in [1.165, 1.54) is 24.9 Å². The predicted octanol–water partition coefficient (Wildman–Crippen LogP) is 2.77. The van der Waals surface area contributed by atoms with Crippen molar-refractivity contribution in [2.24, 2.45) is 5.92 Å². The first kappa shape index (κ1) is 28.5. The summed E-state index contributed by atoms with van der Waals surface area (Å²) in [6.07, 6.45) is 2.48. The number of halogens is 4. The highest BCUT2D eigenvalue weighted by atomic mass is 19.3. The van der Waals surface area contributed by atoms with Crippen LogP contribution < -0.4 is 15.4 Å². The summed E-state index contributed by atoms with van der Waals surface area (Å²) in [5.74, 6) is -7.17. The third kappa shape index (κ3) is 6.03. The summed E-state index contributed by atoms with van der Waals surface area (Å²) >= 11 is 0. The average Bonchev–Trinajstić information content (AvgIpc) is 3.59. The lowest BCUT2D eigenvalue weighted by molar-refractivity contribution is -0.0510. The van der Waals surface area contributed by atoms with Crippen molar-refractivity contribution in [2.45, 2.75) is 49.6 Å². The van der Waals surface area contributed by atoms with Gasteiger partial charge in [-0.2, -0.15) is 5.10 Å². The minimum absolute atomic E-state index is 0.0859. The molecule has 2 N–H and O–H groups in total. The third-order valence-electron chi connectivity index (χ3n) is 7.31. The summed E-state index contributed by atoms with van der Waals surface area (Å²) in [4.78, 5) is 31.1. The summed E-state index contributed by atoms with van der Waals surface area (Å²) in [7, 11) is 2.67. The maximum atomic E-state index is 14.1. The number of imidazole rings is 1. The smallest absolute Gasteiger partial charge is 0.318 e. The van der Waals surface area contributed by atoms with Crippen molar-refractivity contribution in [1.29, 1.82) is 0 Å². The first-order valence-corrected chi connectivity index (χ1v) is 12.8. The van der Waals surface area contributed by atoms with E-state index in [0.717, 1.165) is 4.90 Å². The van der Waals surface area contributed by atoms with Crippen LogP contribution in [0.1, 0.15) is 59.5 Å². The van der Waals surface area contributed by atoms with Gasteiger partial charge in [0.15, 0.2) is 5.65 Å². The molecule has 1 saturated heterocycles. The molecule has 0 aromatic carbocycles. The number of urea groups is 1. The molecule has 2 aliphatic rings. The Kier molecular flexibility index (Phi) is 7.72. The minimum atomic E-state index is -3.14. The van der Waals surface area contributed by atoms with Crippen molar-refractivity contribution in [2.75, 3.05) is 33.9 Å². The second-order valence-corrected chi connectivity index (χ2v) is 10.1. The van der Waals surface area contributed by atoms with Crippen LogP contribution in [0, 0.1) is 5.92 Å².